The predicted molar refractivity (Wildman–Crippen MR) is 89.7 cm³/mol. The van der Waals surface area contributed by atoms with E-state index >= 15 is 0 Å². The molecular weight excluding hydrogens is 378 g/mol. The summed E-state index contributed by atoms with van der Waals surface area (Å²) in [5, 5.41) is 23.3. The number of tetrazole rings is 1. The molecule has 0 atom stereocenters. The lowest BCUT2D eigenvalue weighted by molar-refractivity contribution is -0.384. The number of nitro benzene ring substituents is 1. The molecule has 3 aromatic rings. The van der Waals surface area contributed by atoms with Crippen LogP contribution in [0.15, 0.2) is 46.9 Å². The van der Waals surface area contributed by atoms with Gasteiger partial charge in [0.2, 0.25) is 5.82 Å². The number of ether oxygens (including phenoxy) is 1. The molecule has 122 valence electrons. The highest BCUT2D eigenvalue weighted by Crippen LogP contribution is 2.25. The lowest BCUT2D eigenvalue weighted by Crippen LogP contribution is -2.06. The number of non-ortho nitro benzene ring substituents is 1. The van der Waals surface area contributed by atoms with E-state index in [1.54, 1.807) is 6.07 Å². The summed E-state index contributed by atoms with van der Waals surface area (Å²) >= 11 is 3.37. The van der Waals surface area contributed by atoms with E-state index < -0.39 is 4.92 Å². The Labute approximate surface area is 145 Å². The fourth-order valence-corrected chi connectivity index (χ4v) is 2.44. The average molecular weight is 390 g/mol. The first-order valence-corrected chi connectivity index (χ1v) is 7.71. The normalized spacial score (nSPS) is 10.6. The summed E-state index contributed by atoms with van der Waals surface area (Å²) in [4.78, 5) is 11.9. The van der Waals surface area contributed by atoms with E-state index in [4.69, 9.17) is 4.74 Å². The van der Waals surface area contributed by atoms with Crippen molar-refractivity contribution in [3.8, 4) is 17.1 Å². The Bertz CT molecular complexity index is 879. The molecule has 0 amide bonds. The summed E-state index contributed by atoms with van der Waals surface area (Å²) in [6.07, 6.45) is 0. The van der Waals surface area contributed by atoms with Crippen molar-refractivity contribution in [1.29, 1.82) is 0 Å². The lowest BCUT2D eigenvalue weighted by atomic mass is 10.2. The zero-order valence-corrected chi connectivity index (χ0v) is 14.2. The molecule has 0 unspecified atom stereocenters. The van der Waals surface area contributed by atoms with Gasteiger partial charge in [0.15, 0.2) is 0 Å². The third-order valence-electron chi connectivity index (χ3n) is 3.34. The van der Waals surface area contributed by atoms with Gasteiger partial charge in [0.05, 0.1) is 18.6 Å². The molecule has 0 aliphatic rings. The number of benzene rings is 2. The summed E-state index contributed by atoms with van der Waals surface area (Å²) in [6, 6.07) is 11.9. The molecule has 0 radical (unpaired) electrons. The van der Waals surface area contributed by atoms with Gasteiger partial charge in [-0.1, -0.05) is 15.9 Å². The van der Waals surface area contributed by atoms with E-state index in [1.807, 2.05) is 24.3 Å². The third kappa shape index (κ3) is 3.40. The third-order valence-corrected chi connectivity index (χ3v) is 3.87. The second kappa shape index (κ2) is 6.75. The Kier molecular flexibility index (Phi) is 4.52. The summed E-state index contributed by atoms with van der Waals surface area (Å²) in [5.74, 6) is 1.01. The van der Waals surface area contributed by atoms with E-state index in [0.29, 0.717) is 17.1 Å². The Morgan fingerprint density at radius 2 is 2.00 bits per heavy atom. The second-order valence-electron chi connectivity index (χ2n) is 4.90. The van der Waals surface area contributed by atoms with E-state index in [2.05, 4.69) is 31.3 Å². The SMILES string of the molecule is COc1ccc([N+](=O)[O-])cc1Cn1nnc(-c2ccc(Br)cc2)n1. The van der Waals surface area contributed by atoms with Crippen LogP contribution in [0.25, 0.3) is 11.4 Å². The lowest BCUT2D eigenvalue weighted by Gasteiger charge is -2.07. The zero-order valence-electron chi connectivity index (χ0n) is 12.6. The van der Waals surface area contributed by atoms with Crippen LogP contribution in [-0.4, -0.2) is 32.2 Å². The summed E-state index contributed by atoms with van der Waals surface area (Å²) in [7, 11) is 1.51. The maximum absolute atomic E-state index is 10.9. The fraction of sp³-hybridized carbons (Fsp3) is 0.133. The summed E-state index contributed by atoms with van der Waals surface area (Å²) in [6.45, 7) is 0.217. The van der Waals surface area contributed by atoms with Gasteiger partial charge in [0, 0.05) is 27.7 Å². The van der Waals surface area contributed by atoms with Crippen LogP contribution < -0.4 is 4.74 Å². The van der Waals surface area contributed by atoms with Gasteiger partial charge < -0.3 is 4.74 Å². The highest BCUT2D eigenvalue weighted by Gasteiger charge is 2.13. The van der Waals surface area contributed by atoms with Crippen LogP contribution in [0.3, 0.4) is 0 Å². The van der Waals surface area contributed by atoms with E-state index in [0.717, 1.165) is 10.0 Å². The average Bonchev–Trinajstić information content (AvgIpc) is 3.04. The molecule has 0 aliphatic heterocycles. The number of hydrogen-bond donors (Lipinski definition) is 0. The number of rotatable bonds is 5. The molecule has 24 heavy (non-hydrogen) atoms. The number of halogens is 1. The molecule has 0 N–H and O–H groups in total. The van der Waals surface area contributed by atoms with Gasteiger partial charge in [-0.3, -0.25) is 10.1 Å². The monoisotopic (exact) mass is 389 g/mol. The highest BCUT2D eigenvalue weighted by molar-refractivity contribution is 9.10. The van der Waals surface area contributed by atoms with Crippen LogP contribution >= 0.6 is 15.9 Å². The van der Waals surface area contributed by atoms with Gasteiger partial charge in [0.1, 0.15) is 5.75 Å². The van der Waals surface area contributed by atoms with Crippen LogP contribution in [0.1, 0.15) is 5.56 Å². The number of aromatic nitrogens is 4. The Morgan fingerprint density at radius 3 is 2.67 bits per heavy atom. The van der Waals surface area contributed by atoms with Crippen LogP contribution in [0.2, 0.25) is 0 Å². The van der Waals surface area contributed by atoms with Gasteiger partial charge in [-0.05, 0) is 35.5 Å². The number of hydrogen-bond acceptors (Lipinski definition) is 6. The molecule has 0 saturated carbocycles. The van der Waals surface area contributed by atoms with Crippen molar-refractivity contribution in [3.05, 3.63) is 62.6 Å². The van der Waals surface area contributed by atoms with Crippen molar-refractivity contribution in [1.82, 2.24) is 20.2 Å². The topological polar surface area (TPSA) is 96.0 Å². The van der Waals surface area contributed by atoms with Gasteiger partial charge >= 0.3 is 0 Å². The Morgan fingerprint density at radius 1 is 1.25 bits per heavy atom. The maximum Gasteiger partial charge on any atom is 0.270 e. The molecule has 2 aromatic carbocycles. The minimum absolute atomic E-state index is 0.0148. The van der Waals surface area contributed by atoms with E-state index in [9.17, 15) is 10.1 Å². The second-order valence-corrected chi connectivity index (χ2v) is 5.82. The molecule has 0 saturated heterocycles. The van der Waals surface area contributed by atoms with Crippen molar-refractivity contribution in [2.45, 2.75) is 6.54 Å². The molecule has 3 rings (SSSR count). The van der Waals surface area contributed by atoms with Crippen molar-refractivity contribution >= 4 is 21.6 Å². The van der Waals surface area contributed by atoms with E-state index in [-0.39, 0.29) is 12.2 Å². The van der Waals surface area contributed by atoms with Crippen LogP contribution in [-0.2, 0) is 6.54 Å². The number of methoxy groups -OCH3 is 1. The molecular formula is C15H12BrN5O3. The van der Waals surface area contributed by atoms with Gasteiger partial charge in [0.25, 0.3) is 5.69 Å². The van der Waals surface area contributed by atoms with Crippen LogP contribution in [0.4, 0.5) is 5.69 Å². The minimum Gasteiger partial charge on any atom is -0.496 e. The molecule has 8 nitrogen and oxygen atoms in total. The summed E-state index contributed by atoms with van der Waals surface area (Å²) in [5.41, 5.74) is 1.42. The number of nitrogens with zero attached hydrogens (tertiary/aromatic N) is 5. The standard InChI is InChI=1S/C15H12BrN5O3/c1-24-14-7-6-13(21(22)23)8-11(14)9-20-18-15(17-19-20)10-2-4-12(16)5-3-10/h2-8H,9H2,1H3. The first-order chi connectivity index (χ1) is 11.6. The first kappa shape index (κ1) is 16.1. The fourth-order valence-electron chi connectivity index (χ4n) is 2.18. The van der Waals surface area contributed by atoms with Crippen molar-refractivity contribution < 1.29 is 9.66 Å². The van der Waals surface area contributed by atoms with Crippen LogP contribution in [0, 0.1) is 10.1 Å². The Hall–Kier alpha value is -2.81. The maximum atomic E-state index is 10.9. The van der Waals surface area contributed by atoms with Gasteiger partial charge in [-0.25, -0.2) is 0 Å². The van der Waals surface area contributed by atoms with Gasteiger partial charge in [-0.15, -0.1) is 10.2 Å². The largest absolute Gasteiger partial charge is 0.496 e. The first-order valence-electron chi connectivity index (χ1n) is 6.92. The smallest absolute Gasteiger partial charge is 0.270 e. The molecule has 1 heterocycles. The van der Waals surface area contributed by atoms with E-state index in [1.165, 1.54) is 24.0 Å². The van der Waals surface area contributed by atoms with Crippen LogP contribution in [0.5, 0.6) is 5.75 Å². The molecule has 0 aliphatic carbocycles. The zero-order chi connectivity index (χ0) is 17.1. The number of nitro groups is 1. The van der Waals surface area contributed by atoms with Gasteiger partial charge in [-0.2, -0.15) is 4.80 Å². The molecule has 0 fully saturated rings. The van der Waals surface area contributed by atoms with Crippen molar-refractivity contribution in [2.75, 3.05) is 7.11 Å². The minimum atomic E-state index is -0.453. The Balaban J connectivity index is 1.88. The quantitative estimate of drug-likeness (QED) is 0.491. The molecule has 0 spiro atoms. The molecule has 1 aromatic heterocycles. The molecule has 9 heteroatoms. The van der Waals surface area contributed by atoms with Crippen molar-refractivity contribution in [2.24, 2.45) is 0 Å². The predicted octanol–water partition coefficient (Wildman–Crippen LogP) is 3.07. The summed E-state index contributed by atoms with van der Waals surface area (Å²) < 4.78 is 6.20. The van der Waals surface area contributed by atoms with Crippen molar-refractivity contribution in [3.63, 3.8) is 0 Å². The highest BCUT2D eigenvalue weighted by atomic mass is 79.9. The molecule has 0 bridgehead atoms.